The topological polar surface area (TPSA) is 173 Å². The number of ether oxygens (including phenoxy) is 3. The van der Waals surface area contributed by atoms with Crippen LogP contribution in [0.3, 0.4) is 0 Å². The van der Waals surface area contributed by atoms with Crippen molar-refractivity contribution < 1.29 is 38.2 Å². The van der Waals surface area contributed by atoms with E-state index in [4.69, 9.17) is 14.2 Å². The minimum atomic E-state index is -1.28. The fraction of sp³-hybridized carbons (Fsp3) is 0.500. The zero-order valence-electron chi connectivity index (χ0n) is 27.4. The summed E-state index contributed by atoms with van der Waals surface area (Å²) in [6.45, 7) is 5.68. The minimum Gasteiger partial charge on any atom is -0.497 e. The second-order valence-electron chi connectivity index (χ2n) is 12.3. The van der Waals surface area contributed by atoms with Crippen LogP contribution in [0.4, 0.5) is 0 Å². The van der Waals surface area contributed by atoms with Gasteiger partial charge in [-0.05, 0) is 62.1 Å². The summed E-state index contributed by atoms with van der Waals surface area (Å²) in [5.74, 6) is -1.41. The van der Waals surface area contributed by atoms with Crippen molar-refractivity contribution in [1.82, 2.24) is 26.6 Å². The number of amides is 5. The van der Waals surface area contributed by atoms with E-state index in [1.807, 2.05) is 13.8 Å². The zero-order chi connectivity index (χ0) is 34.0. The fourth-order valence-electron chi connectivity index (χ4n) is 5.66. The van der Waals surface area contributed by atoms with Gasteiger partial charge in [0.15, 0.2) is 0 Å². The molecule has 0 saturated heterocycles. The van der Waals surface area contributed by atoms with Gasteiger partial charge >= 0.3 is 0 Å². The summed E-state index contributed by atoms with van der Waals surface area (Å²) in [4.78, 5) is 67.5. The van der Waals surface area contributed by atoms with Crippen LogP contribution in [0.25, 0.3) is 0 Å². The summed E-state index contributed by atoms with van der Waals surface area (Å²) >= 11 is 0. The first-order valence-electron chi connectivity index (χ1n) is 16.0. The van der Waals surface area contributed by atoms with Gasteiger partial charge in [0.25, 0.3) is 5.91 Å². The molecule has 5 amide bonds. The van der Waals surface area contributed by atoms with Crippen LogP contribution in [0.1, 0.15) is 63.2 Å². The average Bonchev–Trinajstić information content (AvgIpc) is 3.53. The third-order valence-electron chi connectivity index (χ3n) is 8.26. The number of fused-ring (bicyclic) bond motifs is 1. The second-order valence-corrected chi connectivity index (χ2v) is 12.3. The number of rotatable bonds is 7. The molecule has 0 unspecified atom stereocenters. The highest BCUT2D eigenvalue weighted by molar-refractivity contribution is 6.01. The van der Waals surface area contributed by atoms with Crippen LogP contribution < -0.4 is 40.8 Å². The standard InChI is InChI=1S/C34H45N5O8/c1-21(2)29-32(43)36-22(3)20-47-27-10-6-5-9-25(27)30(41)37-26(19-28(40)39-34(33(44)38-29)15-7-8-16-34)31(42)35-17-18-46-24-13-11-23(45-4)12-14-24/h5-6,9-14,21-22,26,29H,7-8,15-20H2,1-4H3,(H,35,42)(H,36,43)(H,37,41)(H,38,44)(H,39,40)/t22-,26-,29+/m0/s1. The van der Waals surface area contributed by atoms with Gasteiger partial charge in [0.2, 0.25) is 23.6 Å². The molecular formula is C34H45N5O8. The maximum atomic E-state index is 13.7. The lowest BCUT2D eigenvalue weighted by Crippen LogP contribution is -2.62. The van der Waals surface area contributed by atoms with E-state index in [0.29, 0.717) is 37.2 Å². The number of carbonyl (C=O) groups excluding carboxylic acids is 5. The van der Waals surface area contributed by atoms with Crippen LogP contribution >= 0.6 is 0 Å². The molecule has 1 heterocycles. The Labute approximate surface area is 274 Å². The van der Waals surface area contributed by atoms with Crippen molar-refractivity contribution in [1.29, 1.82) is 0 Å². The molecule has 4 rings (SSSR count). The molecule has 47 heavy (non-hydrogen) atoms. The minimum absolute atomic E-state index is 0.0386. The zero-order valence-corrected chi connectivity index (χ0v) is 27.4. The molecule has 5 N–H and O–H groups in total. The Hall–Kier alpha value is -4.81. The van der Waals surface area contributed by atoms with Crippen LogP contribution in [0.2, 0.25) is 0 Å². The van der Waals surface area contributed by atoms with Crippen LogP contribution in [0.15, 0.2) is 48.5 Å². The maximum absolute atomic E-state index is 13.7. The third-order valence-corrected chi connectivity index (χ3v) is 8.26. The van der Waals surface area contributed by atoms with Crippen molar-refractivity contribution in [2.45, 2.75) is 76.5 Å². The molecule has 3 atom stereocenters. The molecule has 0 bridgehead atoms. The highest BCUT2D eigenvalue weighted by atomic mass is 16.5. The van der Waals surface area contributed by atoms with Gasteiger partial charge in [-0.15, -0.1) is 0 Å². The Morgan fingerprint density at radius 3 is 2.34 bits per heavy atom. The maximum Gasteiger partial charge on any atom is 0.255 e. The van der Waals surface area contributed by atoms with Crippen LogP contribution in [-0.2, 0) is 19.2 Å². The molecule has 0 radical (unpaired) electrons. The molecule has 2 aromatic rings. The summed E-state index contributed by atoms with van der Waals surface area (Å²) in [6.07, 6.45) is 1.72. The van der Waals surface area contributed by atoms with Crippen LogP contribution in [-0.4, -0.2) is 80.1 Å². The van der Waals surface area contributed by atoms with Crippen molar-refractivity contribution in [2.24, 2.45) is 5.92 Å². The molecule has 13 heteroatoms. The molecule has 254 valence electrons. The van der Waals surface area contributed by atoms with E-state index in [2.05, 4.69) is 26.6 Å². The molecule has 2 aromatic carbocycles. The van der Waals surface area contributed by atoms with Gasteiger partial charge in [-0.1, -0.05) is 38.8 Å². The Morgan fingerprint density at radius 1 is 0.979 bits per heavy atom. The van der Waals surface area contributed by atoms with Gasteiger partial charge in [0.1, 0.15) is 48.1 Å². The Morgan fingerprint density at radius 2 is 1.66 bits per heavy atom. The lowest BCUT2D eigenvalue weighted by Gasteiger charge is -2.33. The number of nitrogens with one attached hydrogen (secondary N) is 5. The molecular weight excluding hydrogens is 606 g/mol. The monoisotopic (exact) mass is 651 g/mol. The first-order chi connectivity index (χ1) is 22.5. The third kappa shape index (κ3) is 9.36. The first kappa shape index (κ1) is 35.1. The van der Waals surface area contributed by atoms with Gasteiger partial charge < -0.3 is 40.8 Å². The smallest absolute Gasteiger partial charge is 0.255 e. The predicted octanol–water partition coefficient (Wildman–Crippen LogP) is 1.85. The van der Waals surface area contributed by atoms with E-state index in [1.54, 1.807) is 62.6 Å². The fourth-order valence-corrected chi connectivity index (χ4v) is 5.66. The Bertz CT molecular complexity index is 1420. The largest absolute Gasteiger partial charge is 0.497 e. The molecule has 1 spiro atoms. The SMILES string of the molecule is COc1ccc(OCCNC(=O)[C@@H]2CC(=O)NC3(CCCC3)C(=O)N[C@H](C(C)C)C(=O)N[C@@H](C)COc3ccccc3C(=O)N2)cc1. The van der Waals surface area contributed by atoms with E-state index in [9.17, 15) is 24.0 Å². The van der Waals surface area contributed by atoms with Crippen molar-refractivity contribution >= 4 is 29.5 Å². The Kier molecular flexibility index (Phi) is 12.0. The molecule has 13 nitrogen and oxygen atoms in total. The van der Waals surface area contributed by atoms with Gasteiger partial charge in [-0.2, -0.15) is 0 Å². The van der Waals surface area contributed by atoms with Crippen molar-refractivity contribution in [3.8, 4) is 17.2 Å². The Balaban J connectivity index is 1.56. The summed E-state index contributed by atoms with van der Waals surface area (Å²) < 4.78 is 16.8. The summed E-state index contributed by atoms with van der Waals surface area (Å²) in [7, 11) is 1.57. The summed E-state index contributed by atoms with van der Waals surface area (Å²) in [5, 5.41) is 14.0. The number of para-hydroxylation sites is 1. The van der Waals surface area contributed by atoms with Gasteiger partial charge in [0, 0.05) is 0 Å². The molecule has 2 aliphatic rings. The van der Waals surface area contributed by atoms with Crippen molar-refractivity contribution in [3.05, 3.63) is 54.1 Å². The lowest BCUT2D eigenvalue weighted by molar-refractivity contribution is -0.137. The lowest BCUT2D eigenvalue weighted by atomic mass is 9.93. The first-order valence-corrected chi connectivity index (χ1v) is 16.0. The average molecular weight is 652 g/mol. The number of hydrogen-bond acceptors (Lipinski definition) is 8. The number of methoxy groups -OCH3 is 1. The van der Waals surface area contributed by atoms with Crippen LogP contribution in [0, 0.1) is 5.92 Å². The molecule has 1 aliphatic carbocycles. The number of benzene rings is 2. The van der Waals surface area contributed by atoms with Crippen molar-refractivity contribution in [2.75, 3.05) is 26.9 Å². The number of carbonyl (C=O) groups is 5. The molecule has 0 aromatic heterocycles. The quantitative estimate of drug-likeness (QED) is 0.282. The predicted molar refractivity (Wildman–Crippen MR) is 173 cm³/mol. The normalized spacial score (nSPS) is 22.1. The van der Waals surface area contributed by atoms with Gasteiger partial charge in [-0.25, -0.2) is 0 Å². The molecule has 1 fully saturated rings. The summed E-state index contributed by atoms with van der Waals surface area (Å²) in [5.41, 5.74) is -1.10. The van der Waals surface area contributed by atoms with E-state index >= 15 is 0 Å². The van der Waals surface area contributed by atoms with E-state index in [-0.39, 0.29) is 42.9 Å². The van der Waals surface area contributed by atoms with Gasteiger partial charge in [-0.3, -0.25) is 24.0 Å². The van der Waals surface area contributed by atoms with Crippen LogP contribution in [0.5, 0.6) is 17.2 Å². The highest BCUT2D eigenvalue weighted by Crippen LogP contribution is 2.31. The second kappa shape index (κ2) is 16.1. The van der Waals surface area contributed by atoms with Crippen molar-refractivity contribution in [3.63, 3.8) is 0 Å². The highest BCUT2D eigenvalue weighted by Gasteiger charge is 2.44. The van der Waals surface area contributed by atoms with E-state index in [0.717, 1.165) is 0 Å². The molecule has 1 aliphatic heterocycles. The summed E-state index contributed by atoms with van der Waals surface area (Å²) in [6, 6.07) is 10.9. The van der Waals surface area contributed by atoms with E-state index < -0.39 is 53.7 Å². The van der Waals surface area contributed by atoms with E-state index in [1.165, 1.54) is 0 Å². The molecule has 1 saturated carbocycles. The number of hydrogen-bond donors (Lipinski definition) is 5. The van der Waals surface area contributed by atoms with Gasteiger partial charge in [0.05, 0.1) is 31.7 Å².